The third kappa shape index (κ3) is 6.65. The molecule has 0 heterocycles. The van der Waals surface area contributed by atoms with Gasteiger partial charge in [-0.2, -0.15) is 5.10 Å². The zero-order valence-electron chi connectivity index (χ0n) is 17.8. The van der Waals surface area contributed by atoms with Crippen molar-refractivity contribution in [2.45, 2.75) is 6.92 Å². The van der Waals surface area contributed by atoms with Gasteiger partial charge in [0.2, 0.25) is 0 Å². The predicted octanol–water partition coefficient (Wildman–Crippen LogP) is 3.97. The van der Waals surface area contributed by atoms with Crippen LogP contribution in [0.3, 0.4) is 0 Å². The molecule has 9 heteroatoms. The average Bonchev–Trinajstić information content (AvgIpc) is 2.82. The number of halogens is 1. The first-order valence-corrected chi connectivity index (χ1v) is 10.1. The zero-order chi connectivity index (χ0) is 23.8. The van der Waals surface area contributed by atoms with Crippen LogP contribution < -0.4 is 20.2 Å². The summed E-state index contributed by atoms with van der Waals surface area (Å²) in [7, 11) is 1.51. The summed E-state index contributed by atoms with van der Waals surface area (Å²) in [4.78, 5) is 36.1. The van der Waals surface area contributed by atoms with Crippen molar-refractivity contribution >= 4 is 41.3 Å². The summed E-state index contributed by atoms with van der Waals surface area (Å²) in [6, 6.07) is 18.0. The number of anilines is 1. The molecule has 3 aromatic rings. The molecule has 0 aromatic heterocycles. The van der Waals surface area contributed by atoms with Crippen molar-refractivity contribution in [3.63, 3.8) is 0 Å². The Bertz CT molecular complexity index is 1210. The van der Waals surface area contributed by atoms with Gasteiger partial charge in [0.15, 0.2) is 0 Å². The van der Waals surface area contributed by atoms with E-state index in [0.29, 0.717) is 33.3 Å². The quantitative estimate of drug-likeness (QED) is 0.188. The van der Waals surface area contributed by atoms with E-state index in [1.807, 2.05) is 6.92 Å². The molecule has 0 aliphatic rings. The van der Waals surface area contributed by atoms with E-state index in [4.69, 9.17) is 21.1 Å². The van der Waals surface area contributed by atoms with Crippen molar-refractivity contribution in [3.8, 4) is 11.5 Å². The molecule has 0 unspecified atom stereocenters. The van der Waals surface area contributed by atoms with Crippen LogP contribution in [0.15, 0.2) is 71.8 Å². The molecule has 0 bridgehead atoms. The molecule has 3 aromatic carbocycles. The fourth-order valence-electron chi connectivity index (χ4n) is 2.61. The van der Waals surface area contributed by atoms with Crippen molar-refractivity contribution in [1.82, 2.24) is 5.43 Å². The van der Waals surface area contributed by atoms with Gasteiger partial charge in [-0.15, -0.1) is 0 Å². The van der Waals surface area contributed by atoms with E-state index in [1.54, 1.807) is 66.7 Å². The van der Waals surface area contributed by atoms with Crippen LogP contribution in [-0.4, -0.2) is 31.1 Å². The number of nitrogens with zero attached hydrogens (tertiary/aromatic N) is 1. The summed E-state index contributed by atoms with van der Waals surface area (Å²) in [5.74, 6) is -1.46. The highest BCUT2D eigenvalue weighted by Crippen LogP contribution is 2.20. The highest BCUT2D eigenvalue weighted by Gasteiger charge is 2.13. The molecule has 0 aliphatic heterocycles. The molecular formula is C24H20ClN3O5. The fourth-order valence-corrected chi connectivity index (χ4v) is 2.79. The number of aryl methyl sites for hydroxylation is 1. The Morgan fingerprint density at radius 2 is 1.70 bits per heavy atom. The molecule has 0 fully saturated rings. The molecule has 0 radical (unpaired) electrons. The summed E-state index contributed by atoms with van der Waals surface area (Å²) < 4.78 is 10.4. The number of carbonyl (C=O) groups is 3. The van der Waals surface area contributed by atoms with Gasteiger partial charge in [0.25, 0.3) is 0 Å². The Morgan fingerprint density at radius 3 is 2.39 bits per heavy atom. The first-order valence-electron chi connectivity index (χ1n) is 9.72. The van der Waals surface area contributed by atoms with Crippen LogP contribution in [-0.2, 0) is 9.59 Å². The average molecular weight is 466 g/mol. The Kier molecular flexibility index (Phi) is 7.77. The highest BCUT2D eigenvalue weighted by atomic mass is 35.5. The van der Waals surface area contributed by atoms with E-state index in [-0.39, 0.29) is 0 Å². The third-order valence-electron chi connectivity index (χ3n) is 4.41. The minimum atomic E-state index is -0.938. The van der Waals surface area contributed by atoms with Crippen LogP contribution in [0.25, 0.3) is 0 Å². The van der Waals surface area contributed by atoms with Gasteiger partial charge in [-0.25, -0.2) is 10.2 Å². The Morgan fingerprint density at radius 1 is 0.939 bits per heavy atom. The molecule has 0 saturated heterocycles. The van der Waals surface area contributed by atoms with E-state index in [1.165, 1.54) is 13.3 Å². The highest BCUT2D eigenvalue weighted by molar-refractivity contribution is 6.39. The molecule has 168 valence electrons. The summed E-state index contributed by atoms with van der Waals surface area (Å²) in [5, 5.41) is 6.67. The van der Waals surface area contributed by atoms with Crippen molar-refractivity contribution in [2.75, 3.05) is 12.4 Å². The number of methoxy groups -OCH3 is 1. The monoisotopic (exact) mass is 465 g/mol. The lowest BCUT2D eigenvalue weighted by Crippen LogP contribution is -2.32. The van der Waals surface area contributed by atoms with Crippen LogP contribution in [0.4, 0.5) is 5.69 Å². The second-order valence-corrected chi connectivity index (χ2v) is 7.21. The first kappa shape index (κ1) is 23.5. The number of esters is 1. The molecule has 8 nitrogen and oxygen atoms in total. The second kappa shape index (κ2) is 10.9. The van der Waals surface area contributed by atoms with Crippen molar-refractivity contribution in [3.05, 3.63) is 88.4 Å². The smallest absolute Gasteiger partial charge is 0.343 e. The lowest BCUT2D eigenvalue weighted by Gasteiger charge is -2.06. The first-order chi connectivity index (χ1) is 15.9. The van der Waals surface area contributed by atoms with Gasteiger partial charge in [0.05, 0.1) is 18.9 Å². The van der Waals surface area contributed by atoms with Crippen molar-refractivity contribution < 1.29 is 23.9 Å². The van der Waals surface area contributed by atoms with Crippen LogP contribution in [0.5, 0.6) is 11.5 Å². The number of hydrazone groups is 1. The molecular weight excluding hydrogens is 446 g/mol. The van der Waals surface area contributed by atoms with Crippen LogP contribution >= 0.6 is 11.6 Å². The van der Waals surface area contributed by atoms with Gasteiger partial charge in [-0.1, -0.05) is 23.7 Å². The molecule has 0 saturated carbocycles. The SMILES string of the molecule is COc1cccc(C(=O)Oc2ccc(/C=N/NC(=O)C(=O)Nc3ccc(C)c(Cl)c3)cc2)c1. The molecule has 0 aliphatic carbocycles. The van der Waals surface area contributed by atoms with Gasteiger partial charge >= 0.3 is 17.8 Å². The van der Waals surface area contributed by atoms with E-state index >= 15 is 0 Å². The minimum absolute atomic E-state index is 0.333. The number of hydrogen-bond acceptors (Lipinski definition) is 6. The third-order valence-corrected chi connectivity index (χ3v) is 4.82. The van der Waals surface area contributed by atoms with E-state index < -0.39 is 17.8 Å². The predicted molar refractivity (Wildman–Crippen MR) is 125 cm³/mol. The number of rotatable bonds is 6. The second-order valence-electron chi connectivity index (χ2n) is 6.81. The molecule has 2 N–H and O–H groups in total. The molecule has 2 amide bonds. The Balaban J connectivity index is 1.52. The summed E-state index contributed by atoms with van der Waals surface area (Å²) in [6.07, 6.45) is 1.35. The number of hydrogen-bond donors (Lipinski definition) is 2. The van der Waals surface area contributed by atoms with Crippen molar-refractivity contribution in [2.24, 2.45) is 5.10 Å². The Labute approximate surface area is 195 Å². The van der Waals surface area contributed by atoms with Crippen LogP contribution in [0.1, 0.15) is 21.5 Å². The summed E-state index contributed by atoms with van der Waals surface area (Å²) in [5.41, 5.74) is 4.36. The van der Waals surface area contributed by atoms with Crippen LogP contribution in [0, 0.1) is 6.92 Å². The number of amides is 2. The van der Waals surface area contributed by atoms with E-state index in [9.17, 15) is 14.4 Å². The van der Waals surface area contributed by atoms with Gasteiger partial charge in [0, 0.05) is 10.7 Å². The lowest BCUT2D eigenvalue weighted by molar-refractivity contribution is -0.136. The van der Waals surface area contributed by atoms with Gasteiger partial charge in [-0.05, 0) is 72.6 Å². The van der Waals surface area contributed by atoms with Gasteiger partial charge < -0.3 is 14.8 Å². The van der Waals surface area contributed by atoms with E-state index in [2.05, 4.69) is 15.8 Å². The molecule has 33 heavy (non-hydrogen) atoms. The molecule has 0 spiro atoms. The number of ether oxygens (including phenoxy) is 2. The summed E-state index contributed by atoms with van der Waals surface area (Å²) in [6.45, 7) is 1.83. The van der Waals surface area contributed by atoms with E-state index in [0.717, 1.165) is 5.56 Å². The number of carbonyl (C=O) groups excluding carboxylic acids is 3. The van der Waals surface area contributed by atoms with Gasteiger partial charge in [0.1, 0.15) is 11.5 Å². The number of benzene rings is 3. The number of nitrogens with one attached hydrogen (secondary N) is 2. The summed E-state index contributed by atoms with van der Waals surface area (Å²) >= 11 is 6.00. The van der Waals surface area contributed by atoms with Crippen molar-refractivity contribution in [1.29, 1.82) is 0 Å². The molecule has 3 rings (SSSR count). The topological polar surface area (TPSA) is 106 Å². The maximum atomic E-state index is 12.2. The standard InChI is InChI=1S/C24H20ClN3O5/c1-15-6-9-18(13-21(15)25)27-22(29)23(30)28-26-14-16-7-10-19(11-8-16)33-24(31)17-4-3-5-20(12-17)32-2/h3-14H,1-2H3,(H,27,29)(H,28,30)/b26-14+. The Hall–Kier alpha value is -4.17. The minimum Gasteiger partial charge on any atom is -0.497 e. The van der Waals surface area contributed by atoms with Gasteiger partial charge in [-0.3, -0.25) is 9.59 Å². The zero-order valence-corrected chi connectivity index (χ0v) is 18.6. The largest absolute Gasteiger partial charge is 0.497 e. The maximum absolute atomic E-state index is 12.2. The normalized spacial score (nSPS) is 10.5. The fraction of sp³-hybridized carbons (Fsp3) is 0.0833. The maximum Gasteiger partial charge on any atom is 0.343 e. The lowest BCUT2D eigenvalue weighted by atomic mass is 10.2. The van der Waals surface area contributed by atoms with Crippen LogP contribution in [0.2, 0.25) is 5.02 Å². The molecule has 0 atom stereocenters.